The highest BCUT2D eigenvalue weighted by Gasteiger charge is 2.20. The monoisotopic (exact) mass is 1070 g/mol. The summed E-state index contributed by atoms with van der Waals surface area (Å²) in [6, 6.07) is 30.9. The molecule has 18 nitrogen and oxygen atoms in total. The molecule has 0 saturated heterocycles. The van der Waals surface area contributed by atoms with Crippen LogP contribution in [-0.2, 0) is 32.8 Å². The first-order valence-electron chi connectivity index (χ1n) is 21.6. The Hall–Kier alpha value is -7.83. The molecule has 24 heteroatoms. The minimum Gasteiger partial charge on any atom is -0.493 e. The molecule has 0 radical (unpaired) electrons. The Balaban J connectivity index is 0.000000205. The van der Waals surface area contributed by atoms with Crippen LogP contribution in [0.3, 0.4) is 0 Å². The third-order valence-corrected chi connectivity index (χ3v) is 12.4. The first-order valence-corrected chi connectivity index (χ1v) is 25.8. The number of halogens is 3. The fraction of sp³-hybridized carbons (Fsp3) is 0.160. The van der Waals surface area contributed by atoms with E-state index in [0.29, 0.717) is 39.8 Å². The number of hydrogen-bond donors (Lipinski definition) is 2. The topological polar surface area (TPSA) is 241 Å². The smallest absolute Gasteiger partial charge is 0.491 e. The molecule has 0 fully saturated rings. The summed E-state index contributed by atoms with van der Waals surface area (Å²) >= 11 is 5.96. The molecule has 2 N–H and O–H groups in total. The second-order valence-electron chi connectivity index (χ2n) is 15.8. The van der Waals surface area contributed by atoms with Crippen molar-refractivity contribution in [1.29, 1.82) is 0 Å². The van der Waals surface area contributed by atoms with E-state index >= 15 is 0 Å². The summed E-state index contributed by atoms with van der Waals surface area (Å²) in [5.74, 6) is 1.08. The molecule has 0 amide bonds. The zero-order valence-corrected chi connectivity index (χ0v) is 42.7. The average molecular weight is 1070 g/mol. The summed E-state index contributed by atoms with van der Waals surface area (Å²) in [6.45, 7) is 0.488. The summed E-state index contributed by atoms with van der Waals surface area (Å²) in [5, 5.41) is 16.2. The van der Waals surface area contributed by atoms with Crippen molar-refractivity contribution in [3.05, 3.63) is 182 Å². The molecule has 4 aromatic heterocycles. The lowest BCUT2D eigenvalue weighted by Gasteiger charge is -2.12. The van der Waals surface area contributed by atoms with Gasteiger partial charge in [0.1, 0.15) is 16.8 Å². The Labute approximate surface area is 429 Å². The molecular formula is C50H46BClF2N6O12S2. The van der Waals surface area contributed by atoms with Gasteiger partial charge in [0.15, 0.2) is 23.0 Å². The van der Waals surface area contributed by atoms with Gasteiger partial charge in [-0.2, -0.15) is 0 Å². The van der Waals surface area contributed by atoms with Gasteiger partial charge in [-0.15, -0.1) is 0 Å². The maximum Gasteiger partial charge on any atom is 0.491 e. The Bertz CT molecular complexity index is 3680. The summed E-state index contributed by atoms with van der Waals surface area (Å²) in [4.78, 5) is 41.0. The maximum absolute atomic E-state index is 14.4. The van der Waals surface area contributed by atoms with E-state index in [2.05, 4.69) is 19.9 Å². The lowest BCUT2D eigenvalue weighted by atomic mass is 9.80. The van der Waals surface area contributed by atoms with Crippen LogP contribution in [0.5, 0.6) is 23.0 Å². The quantitative estimate of drug-likeness (QED) is 0.0775. The van der Waals surface area contributed by atoms with Gasteiger partial charge < -0.3 is 38.1 Å². The number of pyridine rings is 2. The highest BCUT2D eigenvalue weighted by Crippen LogP contribution is 2.30. The number of aromatic nitrogens is 6. The molecule has 0 aliphatic rings. The molecule has 4 heterocycles. The van der Waals surface area contributed by atoms with Crippen molar-refractivity contribution >= 4 is 43.9 Å². The first kappa shape index (κ1) is 55.5. The van der Waals surface area contributed by atoms with Gasteiger partial charge in [0, 0.05) is 65.3 Å². The number of rotatable bonds is 14. The number of benzene rings is 4. The molecule has 0 unspecified atom stereocenters. The highest BCUT2D eigenvalue weighted by molar-refractivity contribution is 7.90. The van der Waals surface area contributed by atoms with Crippen molar-refractivity contribution in [2.24, 2.45) is 0 Å². The number of hydrogen-bond acceptors (Lipinski definition) is 16. The van der Waals surface area contributed by atoms with Crippen LogP contribution in [0.15, 0.2) is 154 Å². The van der Waals surface area contributed by atoms with Gasteiger partial charge >= 0.3 is 7.12 Å². The van der Waals surface area contributed by atoms with Crippen LogP contribution in [0.2, 0.25) is 5.15 Å². The Morgan fingerprint density at radius 2 is 0.973 bits per heavy atom. The Kier molecular flexibility index (Phi) is 18.2. The lowest BCUT2D eigenvalue weighted by molar-refractivity contribution is 0.354. The van der Waals surface area contributed by atoms with Crippen LogP contribution < -0.4 is 35.5 Å². The fourth-order valence-corrected chi connectivity index (χ4v) is 8.20. The lowest BCUT2D eigenvalue weighted by Crippen LogP contribution is -2.32. The van der Waals surface area contributed by atoms with Gasteiger partial charge in [-0.1, -0.05) is 54.1 Å². The molecule has 0 saturated carbocycles. The number of ether oxygens (including phenoxy) is 4. The van der Waals surface area contributed by atoms with Crippen molar-refractivity contribution in [3.63, 3.8) is 0 Å². The Morgan fingerprint density at radius 3 is 1.41 bits per heavy atom. The van der Waals surface area contributed by atoms with Crippen LogP contribution in [-0.4, -0.2) is 104 Å². The summed E-state index contributed by atoms with van der Waals surface area (Å²) < 4.78 is 99.1. The normalized spacial score (nSPS) is 11.1. The second-order valence-corrected chi connectivity index (χ2v) is 20.1. The summed E-state index contributed by atoms with van der Waals surface area (Å²) in [5.41, 5.74) is 2.80. The third kappa shape index (κ3) is 14.2. The van der Waals surface area contributed by atoms with Crippen LogP contribution in [0.1, 0.15) is 11.1 Å². The van der Waals surface area contributed by atoms with Crippen molar-refractivity contribution in [2.45, 2.75) is 23.4 Å². The van der Waals surface area contributed by atoms with E-state index in [-0.39, 0.29) is 56.9 Å². The molecule has 74 heavy (non-hydrogen) atoms. The SMILES string of the molecule is COc1ccc(Cn2cc(-c3cc(-c4ccccc4F)nc(S(C)(=O)=O)n3)ccc2=O)cc1OC.COc1ccc(Cn2cc(-c3cc(Cl)nc(S(C)(=O)=O)n3)ccc2=O)cc1OC.OB(O)c1ccccc1F. The molecule has 8 aromatic rings. The van der Waals surface area contributed by atoms with E-state index in [1.807, 2.05) is 12.1 Å². The van der Waals surface area contributed by atoms with E-state index in [0.717, 1.165) is 23.6 Å². The maximum atomic E-state index is 14.4. The van der Waals surface area contributed by atoms with Crippen molar-refractivity contribution < 1.29 is 54.6 Å². The van der Waals surface area contributed by atoms with Crippen molar-refractivity contribution in [3.8, 4) is 56.8 Å². The molecule has 0 atom stereocenters. The van der Waals surface area contributed by atoms with Crippen LogP contribution in [0.25, 0.3) is 33.8 Å². The zero-order valence-electron chi connectivity index (χ0n) is 40.3. The molecule has 8 rings (SSSR count). The minimum absolute atomic E-state index is 0.00642. The average Bonchev–Trinajstić information content (AvgIpc) is 3.37. The second kappa shape index (κ2) is 24.3. The van der Waals surface area contributed by atoms with E-state index < -0.39 is 43.6 Å². The van der Waals surface area contributed by atoms with E-state index in [1.165, 1.54) is 103 Å². The molecule has 0 spiro atoms. The Morgan fingerprint density at radius 1 is 0.541 bits per heavy atom. The third-order valence-electron chi connectivity index (χ3n) is 10.5. The molecule has 0 aliphatic heterocycles. The molecular weight excluding hydrogens is 1020 g/mol. The minimum atomic E-state index is -3.80. The van der Waals surface area contributed by atoms with Crippen LogP contribution >= 0.6 is 11.6 Å². The zero-order chi connectivity index (χ0) is 53.9. The molecule has 384 valence electrons. The fourth-order valence-electron chi connectivity index (χ4n) is 6.90. The van der Waals surface area contributed by atoms with Gasteiger partial charge in [0.2, 0.25) is 30.0 Å². The van der Waals surface area contributed by atoms with Crippen LogP contribution in [0, 0.1) is 11.6 Å². The molecule has 0 aliphatic carbocycles. The van der Waals surface area contributed by atoms with Crippen LogP contribution in [0.4, 0.5) is 8.78 Å². The van der Waals surface area contributed by atoms with Gasteiger partial charge in [-0.05, 0) is 71.8 Å². The van der Waals surface area contributed by atoms with E-state index in [1.54, 1.807) is 55.9 Å². The molecule has 4 aromatic carbocycles. The summed E-state index contributed by atoms with van der Waals surface area (Å²) in [6.07, 6.45) is 5.14. The predicted molar refractivity (Wildman–Crippen MR) is 274 cm³/mol. The van der Waals surface area contributed by atoms with Gasteiger partial charge in [-0.3, -0.25) is 9.59 Å². The molecule has 0 bridgehead atoms. The van der Waals surface area contributed by atoms with Crippen molar-refractivity contribution in [2.75, 3.05) is 41.0 Å². The van der Waals surface area contributed by atoms with Gasteiger partial charge in [0.25, 0.3) is 11.1 Å². The largest absolute Gasteiger partial charge is 0.493 e. The standard InChI is InChI=1S/C25H22FN3O5S.C19H18ClN3O5S.C6H6BFO2/c1-33-22-10-8-16(12-23(22)34-2)14-29-15-17(9-11-24(29)30)20-13-21(18-6-4-5-7-19(18)26)28-25(27-20)35(3,31)32;1-27-15-6-4-12(8-16(15)28-2)10-23-11-13(5-7-18(23)24)14-9-17(20)22-19(21-14)29(3,25)26;8-6-4-2-1-3-5(6)7(9)10/h4-13,15H,14H2,1-3H3;4-9,11H,10H2,1-3H3;1-4,9-10H. The first-order chi connectivity index (χ1) is 35.1. The van der Waals surface area contributed by atoms with Gasteiger partial charge in [-0.25, -0.2) is 45.6 Å². The van der Waals surface area contributed by atoms with E-state index in [4.69, 9.17) is 40.6 Å². The van der Waals surface area contributed by atoms with Gasteiger partial charge in [0.05, 0.1) is 58.6 Å². The number of nitrogens with zero attached hydrogens (tertiary/aromatic N) is 6. The highest BCUT2D eigenvalue weighted by atomic mass is 35.5. The van der Waals surface area contributed by atoms with E-state index in [9.17, 15) is 35.2 Å². The number of sulfone groups is 2. The summed E-state index contributed by atoms with van der Waals surface area (Å²) in [7, 11) is -3.02. The number of methoxy groups -OCH3 is 4. The predicted octanol–water partition coefficient (Wildman–Crippen LogP) is 5.51. The van der Waals surface area contributed by atoms with Crippen molar-refractivity contribution in [1.82, 2.24) is 29.1 Å².